The van der Waals surface area contributed by atoms with Gasteiger partial charge >= 0.3 is 0 Å². The van der Waals surface area contributed by atoms with Gasteiger partial charge in [0.1, 0.15) is 0 Å². The van der Waals surface area contributed by atoms with Crippen molar-refractivity contribution in [2.45, 2.75) is 32.7 Å². The molecule has 5 nitrogen and oxygen atoms in total. The molecule has 0 bridgehead atoms. The molecule has 3 aromatic carbocycles. The molecule has 0 aromatic heterocycles. The minimum absolute atomic E-state index is 0.0982. The summed E-state index contributed by atoms with van der Waals surface area (Å²) in [5.41, 5.74) is 3.97. The lowest BCUT2D eigenvalue weighted by Gasteiger charge is -2.15. The number of nitrogens with one attached hydrogen (secondary N) is 3. The second-order valence-corrected chi connectivity index (χ2v) is 8.28. The normalized spacial score (nSPS) is 11.5. The Balaban J connectivity index is 1.53. The molecule has 0 spiro atoms. The van der Waals surface area contributed by atoms with Gasteiger partial charge in [-0.15, -0.1) is 0 Å². The molecule has 3 N–H and O–H groups in total. The fourth-order valence-corrected chi connectivity index (χ4v) is 3.38. The summed E-state index contributed by atoms with van der Waals surface area (Å²) in [4.78, 5) is 24.9. The smallest absolute Gasteiger partial charge is 0.257 e. The molecule has 0 aliphatic carbocycles. The molecule has 0 heterocycles. The van der Waals surface area contributed by atoms with Crippen LogP contribution in [0.5, 0.6) is 0 Å². The van der Waals surface area contributed by atoms with Gasteiger partial charge in [-0.1, -0.05) is 56.3 Å². The molecule has 0 aliphatic heterocycles. The molecule has 0 radical (unpaired) electrons. The Labute approximate surface area is 194 Å². The molecule has 0 aliphatic rings. The van der Waals surface area contributed by atoms with E-state index < -0.39 is 0 Å². The molecule has 0 saturated carbocycles. The summed E-state index contributed by atoms with van der Waals surface area (Å²) in [6.45, 7) is 6.15. The van der Waals surface area contributed by atoms with E-state index in [0.29, 0.717) is 22.7 Å². The van der Waals surface area contributed by atoms with Crippen molar-refractivity contribution in [2.75, 3.05) is 5.32 Å². The third kappa shape index (κ3) is 6.25. The summed E-state index contributed by atoms with van der Waals surface area (Å²) in [5.74, 6) is -0.0289. The largest absolute Gasteiger partial charge is 0.346 e. The van der Waals surface area contributed by atoms with Gasteiger partial charge in [-0.2, -0.15) is 0 Å². The van der Waals surface area contributed by atoms with E-state index in [9.17, 15) is 9.59 Å². The van der Waals surface area contributed by atoms with Crippen molar-refractivity contribution >= 4 is 34.8 Å². The molecule has 3 rings (SSSR count). The van der Waals surface area contributed by atoms with Crippen LogP contribution >= 0.6 is 12.2 Å². The second kappa shape index (κ2) is 10.7. The van der Waals surface area contributed by atoms with Crippen molar-refractivity contribution in [1.29, 1.82) is 0 Å². The van der Waals surface area contributed by atoms with Crippen molar-refractivity contribution in [2.24, 2.45) is 0 Å². The summed E-state index contributed by atoms with van der Waals surface area (Å²) < 4.78 is 0. The Bertz CT molecular complexity index is 1080. The number of carbonyl (C=O) groups is 2. The fourth-order valence-electron chi connectivity index (χ4n) is 3.17. The van der Waals surface area contributed by atoms with E-state index in [2.05, 4.69) is 29.8 Å². The summed E-state index contributed by atoms with van der Waals surface area (Å²) >= 11 is 5.25. The molecule has 32 heavy (non-hydrogen) atoms. The maximum Gasteiger partial charge on any atom is 0.257 e. The maximum atomic E-state index is 12.5. The van der Waals surface area contributed by atoms with E-state index in [1.165, 1.54) is 5.56 Å². The van der Waals surface area contributed by atoms with Crippen molar-refractivity contribution in [3.63, 3.8) is 0 Å². The van der Waals surface area contributed by atoms with Gasteiger partial charge in [-0.05, 0) is 72.6 Å². The van der Waals surface area contributed by atoms with Crippen molar-refractivity contribution < 1.29 is 9.59 Å². The number of hydrogen-bond acceptors (Lipinski definition) is 3. The SMILES string of the molecule is CC(C)c1ccc(C(=O)NC(=S)Nc2ccc(C(=O)NC(C)c3ccccc3)cc2)cc1. The molecular weight excluding hydrogens is 418 g/mol. The highest BCUT2D eigenvalue weighted by Crippen LogP contribution is 2.16. The van der Waals surface area contributed by atoms with E-state index >= 15 is 0 Å². The quantitative estimate of drug-likeness (QED) is 0.443. The average molecular weight is 446 g/mol. The first-order valence-electron chi connectivity index (χ1n) is 10.5. The molecule has 0 fully saturated rings. The maximum absolute atomic E-state index is 12.5. The molecule has 0 saturated heterocycles. The standard InChI is InChI=1S/C26H27N3O2S/c1-17(2)19-9-11-21(12-10-19)25(31)29-26(32)28-23-15-13-22(14-16-23)24(30)27-18(3)20-7-5-4-6-8-20/h4-18H,1-3H3,(H,27,30)(H2,28,29,31,32). The molecule has 164 valence electrons. The van der Waals surface area contributed by atoms with Crippen LogP contribution < -0.4 is 16.0 Å². The fraction of sp³-hybridized carbons (Fsp3) is 0.192. The third-order valence-corrected chi connectivity index (χ3v) is 5.32. The van der Waals surface area contributed by atoms with Gasteiger partial charge < -0.3 is 10.6 Å². The Kier molecular flexibility index (Phi) is 7.73. The lowest BCUT2D eigenvalue weighted by Crippen LogP contribution is -2.34. The van der Waals surface area contributed by atoms with E-state index in [4.69, 9.17) is 12.2 Å². The predicted molar refractivity (Wildman–Crippen MR) is 133 cm³/mol. The molecule has 6 heteroatoms. The average Bonchev–Trinajstić information content (AvgIpc) is 2.80. The van der Waals surface area contributed by atoms with Crippen LogP contribution in [0.3, 0.4) is 0 Å². The number of rotatable bonds is 6. The molecule has 3 aromatic rings. The van der Waals surface area contributed by atoms with E-state index in [-0.39, 0.29) is 23.0 Å². The number of thiocarbonyl (C=S) groups is 1. The lowest BCUT2D eigenvalue weighted by molar-refractivity contribution is 0.0938. The number of hydrogen-bond donors (Lipinski definition) is 3. The topological polar surface area (TPSA) is 70.2 Å². The van der Waals surface area contributed by atoms with E-state index in [1.54, 1.807) is 36.4 Å². The van der Waals surface area contributed by atoms with Crippen molar-refractivity contribution in [3.05, 3.63) is 101 Å². The van der Waals surface area contributed by atoms with Crippen LogP contribution in [0.4, 0.5) is 5.69 Å². The minimum atomic E-state index is -0.274. The van der Waals surface area contributed by atoms with Crippen LogP contribution in [-0.4, -0.2) is 16.9 Å². The van der Waals surface area contributed by atoms with Gasteiger partial charge in [0, 0.05) is 16.8 Å². The molecule has 1 unspecified atom stereocenters. The summed E-state index contributed by atoms with van der Waals surface area (Å²) in [7, 11) is 0. The van der Waals surface area contributed by atoms with E-state index in [0.717, 1.165) is 5.56 Å². The van der Waals surface area contributed by atoms with Crippen molar-refractivity contribution in [1.82, 2.24) is 10.6 Å². The Hall–Kier alpha value is -3.51. The van der Waals surface area contributed by atoms with Gasteiger partial charge in [-0.3, -0.25) is 14.9 Å². The molecule has 2 amide bonds. The van der Waals surface area contributed by atoms with Gasteiger partial charge in [-0.25, -0.2) is 0 Å². The third-order valence-electron chi connectivity index (χ3n) is 5.12. The Morgan fingerprint density at radius 2 is 1.28 bits per heavy atom. The summed E-state index contributed by atoms with van der Waals surface area (Å²) in [6.07, 6.45) is 0. The zero-order valence-electron chi connectivity index (χ0n) is 18.4. The first-order chi connectivity index (χ1) is 15.3. The minimum Gasteiger partial charge on any atom is -0.346 e. The number of carbonyl (C=O) groups excluding carboxylic acids is 2. The molecule has 1 atom stereocenters. The highest BCUT2D eigenvalue weighted by molar-refractivity contribution is 7.80. The number of amides is 2. The lowest BCUT2D eigenvalue weighted by atomic mass is 10.0. The van der Waals surface area contributed by atoms with Crippen LogP contribution in [-0.2, 0) is 0 Å². The van der Waals surface area contributed by atoms with Gasteiger partial charge in [0.05, 0.1) is 6.04 Å². The molecular formula is C26H27N3O2S. The summed E-state index contributed by atoms with van der Waals surface area (Å²) in [5, 5.41) is 8.83. The van der Waals surface area contributed by atoms with E-state index in [1.807, 2.05) is 49.4 Å². The number of benzene rings is 3. The first-order valence-corrected chi connectivity index (χ1v) is 10.9. The van der Waals surface area contributed by atoms with Crippen LogP contribution in [0.15, 0.2) is 78.9 Å². The van der Waals surface area contributed by atoms with Crippen LogP contribution in [0.2, 0.25) is 0 Å². The van der Waals surface area contributed by atoms with Crippen LogP contribution in [0, 0.1) is 0 Å². The number of anilines is 1. The van der Waals surface area contributed by atoms with Gasteiger partial charge in [0.25, 0.3) is 11.8 Å². The zero-order chi connectivity index (χ0) is 23.1. The van der Waals surface area contributed by atoms with Crippen molar-refractivity contribution in [3.8, 4) is 0 Å². The second-order valence-electron chi connectivity index (χ2n) is 7.87. The highest BCUT2D eigenvalue weighted by Gasteiger charge is 2.12. The Morgan fingerprint density at radius 3 is 1.88 bits per heavy atom. The van der Waals surface area contributed by atoms with Gasteiger partial charge in [0.2, 0.25) is 0 Å². The monoisotopic (exact) mass is 445 g/mol. The summed E-state index contributed by atoms with van der Waals surface area (Å²) in [6, 6.07) is 24.1. The zero-order valence-corrected chi connectivity index (χ0v) is 19.2. The van der Waals surface area contributed by atoms with Gasteiger partial charge in [0.15, 0.2) is 5.11 Å². The van der Waals surface area contributed by atoms with Crippen LogP contribution in [0.25, 0.3) is 0 Å². The van der Waals surface area contributed by atoms with Crippen LogP contribution in [0.1, 0.15) is 64.6 Å². The highest BCUT2D eigenvalue weighted by atomic mass is 32.1. The predicted octanol–water partition coefficient (Wildman–Crippen LogP) is 5.43. The Morgan fingerprint density at radius 1 is 0.719 bits per heavy atom. The first kappa shape index (κ1) is 23.2.